The van der Waals surface area contributed by atoms with E-state index in [1.807, 2.05) is 25.1 Å². The van der Waals surface area contributed by atoms with Crippen molar-refractivity contribution in [3.63, 3.8) is 0 Å². The number of hydrogen-bond acceptors (Lipinski definition) is 2. The van der Waals surface area contributed by atoms with Gasteiger partial charge in [0.25, 0.3) is 0 Å². The van der Waals surface area contributed by atoms with E-state index >= 15 is 0 Å². The largest absolute Gasteiger partial charge is 0.494 e. The minimum absolute atomic E-state index is 0.0810. The number of aliphatic imine (C=N–C) groups is 1. The molecule has 0 aliphatic heterocycles. The summed E-state index contributed by atoms with van der Waals surface area (Å²) in [5.74, 6) is 0.0810. The first-order chi connectivity index (χ1) is 10.0. The molecular weight excluding hydrogens is 307 g/mol. The molecule has 0 amide bonds. The number of aromatic amines is 1. The molecule has 0 aliphatic rings. The zero-order valence-electron chi connectivity index (χ0n) is 11.2. The lowest BCUT2D eigenvalue weighted by Crippen LogP contribution is -1.80. The number of H-pyrrole nitrogens is 1. The second kappa shape index (κ2) is 5.43. The highest BCUT2D eigenvalue weighted by Crippen LogP contribution is 2.30. The van der Waals surface area contributed by atoms with E-state index in [1.165, 1.54) is 0 Å². The van der Waals surface area contributed by atoms with Gasteiger partial charge in [0, 0.05) is 22.1 Å². The molecule has 0 spiro atoms. The molecule has 3 nitrogen and oxygen atoms in total. The summed E-state index contributed by atoms with van der Waals surface area (Å²) < 4.78 is 0. The molecule has 3 aromatic rings. The highest BCUT2D eigenvalue weighted by molar-refractivity contribution is 6.35. The highest BCUT2D eigenvalue weighted by Gasteiger charge is 2.09. The van der Waals surface area contributed by atoms with Crippen LogP contribution in [0.15, 0.2) is 41.4 Å². The predicted octanol–water partition coefficient (Wildman–Crippen LogP) is 5.24. The lowest BCUT2D eigenvalue weighted by molar-refractivity contribution is 0.457. The molecule has 1 heterocycles. The van der Waals surface area contributed by atoms with Crippen LogP contribution in [0.4, 0.5) is 5.69 Å². The molecule has 0 bridgehead atoms. The minimum Gasteiger partial charge on any atom is -0.494 e. The van der Waals surface area contributed by atoms with E-state index in [0.717, 1.165) is 16.5 Å². The van der Waals surface area contributed by atoms with Crippen molar-refractivity contribution in [3.8, 4) is 5.88 Å². The smallest absolute Gasteiger partial charge is 0.198 e. The van der Waals surface area contributed by atoms with E-state index < -0.39 is 0 Å². The van der Waals surface area contributed by atoms with Crippen LogP contribution in [0, 0.1) is 6.92 Å². The number of halogens is 2. The number of nitrogens with zero attached hydrogens (tertiary/aromatic N) is 1. The standard InChI is InChI=1S/C16H12Cl2N2O/c1-9-2-4-11-12(16(21)20-14(11)6-9)8-19-15-7-10(17)3-5-13(15)18/h2-8,20-21H,1H3. The minimum atomic E-state index is 0.0810. The van der Waals surface area contributed by atoms with Gasteiger partial charge in [0.2, 0.25) is 0 Å². The van der Waals surface area contributed by atoms with Crippen molar-refractivity contribution >= 4 is 46.0 Å². The van der Waals surface area contributed by atoms with Gasteiger partial charge in [-0.05, 0) is 36.8 Å². The van der Waals surface area contributed by atoms with Gasteiger partial charge >= 0.3 is 0 Å². The van der Waals surface area contributed by atoms with Gasteiger partial charge in [0.05, 0.1) is 16.3 Å². The normalized spacial score (nSPS) is 11.6. The van der Waals surface area contributed by atoms with E-state index in [2.05, 4.69) is 9.98 Å². The third-order valence-electron chi connectivity index (χ3n) is 3.21. The number of nitrogens with one attached hydrogen (secondary N) is 1. The third kappa shape index (κ3) is 2.75. The average molecular weight is 319 g/mol. The van der Waals surface area contributed by atoms with E-state index in [4.69, 9.17) is 23.2 Å². The molecule has 0 saturated heterocycles. The Morgan fingerprint density at radius 1 is 1.14 bits per heavy atom. The molecule has 0 radical (unpaired) electrons. The van der Waals surface area contributed by atoms with Crippen molar-refractivity contribution in [1.82, 2.24) is 4.98 Å². The molecule has 1 aromatic heterocycles. The van der Waals surface area contributed by atoms with Gasteiger partial charge in [-0.25, -0.2) is 0 Å². The predicted molar refractivity (Wildman–Crippen MR) is 88.4 cm³/mol. The zero-order chi connectivity index (χ0) is 15.0. The number of hydrogen-bond donors (Lipinski definition) is 2. The number of aromatic nitrogens is 1. The van der Waals surface area contributed by atoms with Gasteiger partial charge < -0.3 is 10.1 Å². The molecule has 2 N–H and O–H groups in total. The van der Waals surface area contributed by atoms with Gasteiger partial charge in [0.15, 0.2) is 5.88 Å². The number of benzene rings is 2. The molecule has 0 fully saturated rings. The Kier molecular flexibility index (Phi) is 3.62. The Morgan fingerprint density at radius 2 is 1.95 bits per heavy atom. The summed E-state index contributed by atoms with van der Waals surface area (Å²) in [6.45, 7) is 2.00. The van der Waals surface area contributed by atoms with E-state index in [9.17, 15) is 5.11 Å². The van der Waals surface area contributed by atoms with Gasteiger partial charge in [-0.15, -0.1) is 0 Å². The monoisotopic (exact) mass is 318 g/mol. The maximum absolute atomic E-state index is 10.0. The maximum Gasteiger partial charge on any atom is 0.198 e. The number of aryl methyl sites for hydroxylation is 1. The fraction of sp³-hybridized carbons (Fsp3) is 0.0625. The molecule has 0 unspecified atom stereocenters. The first-order valence-electron chi connectivity index (χ1n) is 6.35. The summed E-state index contributed by atoms with van der Waals surface area (Å²) in [6, 6.07) is 11.0. The number of aromatic hydroxyl groups is 1. The number of rotatable bonds is 2. The first-order valence-corrected chi connectivity index (χ1v) is 7.10. The van der Waals surface area contributed by atoms with Gasteiger partial charge in [0.1, 0.15) is 0 Å². The Hall–Kier alpha value is -1.97. The zero-order valence-corrected chi connectivity index (χ0v) is 12.7. The lowest BCUT2D eigenvalue weighted by Gasteiger charge is -1.98. The summed E-state index contributed by atoms with van der Waals surface area (Å²) in [4.78, 5) is 7.26. The van der Waals surface area contributed by atoms with E-state index in [0.29, 0.717) is 21.3 Å². The number of fused-ring (bicyclic) bond motifs is 1. The topological polar surface area (TPSA) is 48.4 Å². The van der Waals surface area contributed by atoms with Crippen molar-refractivity contribution in [2.45, 2.75) is 6.92 Å². The fourth-order valence-corrected chi connectivity index (χ4v) is 2.50. The maximum atomic E-state index is 10.0. The molecule has 0 saturated carbocycles. The summed E-state index contributed by atoms with van der Waals surface area (Å²) in [5, 5.41) is 12.0. The van der Waals surface area contributed by atoms with Crippen LogP contribution in [0.2, 0.25) is 10.0 Å². The lowest BCUT2D eigenvalue weighted by atomic mass is 10.1. The van der Waals surface area contributed by atoms with Crippen molar-refractivity contribution in [2.24, 2.45) is 4.99 Å². The van der Waals surface area contributed by atoms with Crippen LogP contribution in [-0.4, -0.2) is 16.3 Å². The van der Waals surface area contributed by atoms with Crippen LogP contribution >= 0.6 is 23.2 Å². The van der Waals surface area contributed by atoms with Crippen LogP contribution in [0.5, 0.6) is 5.88 Å². The summed E-state index contributed by atoms with van der Waals surface area (Å²) in [7, 11) is 0. The van der Waals surface area contributed by atoms with Crippen molar-refractivity contribution in [2.75, 3.05) is 0 Å². The van der Waals surface area contributed by atoms with Crippen molar-refractivity contribution < 1.29 is 5.11 Å². The average Bonchev–Trinajstić information content (AvgIpc) is 2.74. The quantitative estimate of drug-likeness (QED) is 0.624. The fourth-order valence-electron chi connectivity index (χ4n) is 2.17. The van der Waals surface area contributed by atoms with E-state index in [-0.39, 0.29) is 5.88 Å². The van der Waals surface area contributed by atoms with Crippen LogP contribution in [-0.2, 0) is 0 Å². The molecule has 106 valence electrons. The SMILES string of the molecule is Cc1ccc2c(C=Nc3cc(Cl)ccc3Cl)c(O)[nH]c2c1. The van der Waals surface area contributed by atoms with Crippen molar-refractivity contribution in [3.05, 3.63) is 57.6 Å². The summed E-state index contributed by atoms with van der Waals surface area (Å²) in [5.41, 5.74) is 3.17. The Bertz CT molecular complexity index is 853. The van der Waals surface area contributed by atoms with Gasteiger partial charge in [-0.2, -0.15) is 0 Å². The third-order valence-corrected chi connectivity index (χ3v) is 3.77. The molecule has 2 aromatic carbocycles. The second-order valence-corrected chi connectivity index (χ2v) is 5.63. The molecule has 0 aliphatic carbocycles. The Labute approximate surface area is 131 Å². The Morgan fingerprint density at radius 3 is 2.76 bits per heavy atom. The summed E-state index contributed by atoms with van der Waals surface area (Å²) in [6.07, 6.45) is 1.58. The summed E-state index contributed by atoms with van der Waals surface area (Å²) >= 11 is 12.0. The van der Waals surface area contributed by atoms with Gasteiger partial charge in [-0.3, -0.25) is 4.99 Å². The van der Waals surface area contributed by atoms with E-state index in [1.54, 1.807) is 24.4 Å². The highest BCUT2D eigenvalue weighted by atomic mass is 35.5. The van der Waals surface area contributed by atoms with Gasteiger partial charge in [-0.1, -0.05) is 35.3 Å². The molecular formula is C16H12Cl2N2O. The molecule has 21 heavy (non-hydrogen) atoms. The van der Waals surface area contributed by atoms with Crippen LogP contribution < -0.4 is 0 Å². The van der Waals surface area contributed by atoms with Crippen LogP contribution in [0.25, 0.3) is 10.9 Å². The van der Waals surface area contributed by atoms with Crippen molar-refractivity contribution in [1.29, 1.82) is 0 Å². The first kappa shape index (κ1) is 14.0. The molecule has 3 rings (SSSR count). The second-order valence-electron chi connectivity index (χ2n) is 4.79. The van der Waals surface area contributed by atoms with Crippen LogP contribution in [0.3, 0.4) is 0 Å². The Balaban J connectivity index is 2.07. The molecule has 0 atom stereocenters. The van der Waals surface area contributed by atoms with Crippen LogP contribution in [0.1, 0.15) is 11.1 Å². The molecule has 5 heteroatoms.